The number of methoxy groups -OCH3 is 4. The molecule has 0 saturated carbocycles. The number of rotatable bonds is 16. The van der Waals surface area contributed by atoms with E-state index in [4.69, 9.17) is 33.5 Å². The van der Waals surface area contributed by atoms with Gasteiger partial charge in [-0.2, -0.15) is 0 Å². The van der Waals surface area contributed by atoms with Gasteiger partial charge in [-0.05, 0) is 53.0 Å². The average Bonchev–Trinajstić information content (AvgIpc) is 3.49. The fourth-order valence-corrected chi connectivity index (χ4v) is 4.44. The van der Waals surface area contributed by atoms with Gasteiger partial charge in [0, 0.05) is 36.9 Å². The minimum atomic E-state index is -0.582. The number of carbonyl (C=O) groups excluding carboxylic acids is 4. The van der Waals surface area contributed by atoms with E-state index in [9.17, 15) is 19.2 Å². The van der Waals surface area contributed by atoms with Crippen molar-refractivity contribution >= 4 is 32.4 Å². The predicted octanol–water partition coefficient (Wildman–Crippen LogP) is 3.66. The number of ether oxygens (including phenoxy) is 6. The van der Waals surface area contributed by atoms with Crippen LogP contribution in [0.3, 0.4) is 0 Å². The van der Waals surface area contributed by atoms with Crippen molar-refractivity contribution in [1.29, 1.82) is 0 Å². The Kier molecular flexibility index (Phi) is 20.9. The number of fused-ring (bicyclic) bond motifs is 1. The molecule has 2 aliphatic heterocycles. The first kappa shape index (κ1) is 46.6. The molecule has 16 heteroatoms. The quantitative estimate of drug-likeness (QED) is 0.197. The summed E-state index contributed by atoms with van der Waals surface area (Å²) in [5.74, 6) is -0.375. The maximum atomic E-state index is 12.6. The Morgan fingerprint density at radius 3 is 1.34 bits per heavy atom. The van der Waals surface area contributed by atoms with Crippen molar-refractivity contribution in [2.24, 2.45) is 10.8 Å². The smallest absolute Gasteiger partial charge is 0.327 e. The highest BCUT2D eigenvalue weighted by Gasteiger charge is 2.59. The van der Waals surface area contributed by atoms with Crippen molar-refractivity contribution in [3.63, 3.8) is 0 Å². The maximum Gasteiger partial charge on any atom is 0.327 e. The van der Waals surface area contributed by atoms with Crippen molar-refractivity contribution in [2.75, 3.05) is 62.0 Å². The Bertz CT molecular complexity index is 1100. The molecule has 15 nitrogen and oxygen atoms in total. The summed E-state index contributed by atoms with van der Waals surface area (Å²) in [6.07, 6.45) is -0.0938. The number of nitrogens with zero attached hydrogens (tertiary/aromatic N) is 4. The topological polar surface area (TPSA) is 157 Å². The first-order valence-corrected chi connectivity index (χ1v) is 16.2. The molecule has 0 bridgehead atoms. The number of carbonyl (C=O) groups is 4. The Morgan fingerprint density at radius 1 is 0.700 bits per heavy atom. The zero-order valence-corrected chi connectivity index (χ0v) is 31.7. The molecule has 0 aromatic heterocycles. The molecule has 2 aliphatic rings. The van der Waals surface area contributed by atoms with Gasteiger partial charge in [0.15, 0.2) is 12.3 Å². The Morgan fingerprint density at radius 2 is 1.04 bits per heavy atom. The van der Waals surface area contributed by atoms with Crippen LogP contribution in [0, 0.1) is 10.8 Å². The third kappa shape index (κ3) is 13.0. The van der Waals surface area contributed by atoms with Crippen molar-refractivity contribution in [1.82, 2.24) is 19.6 Å². The summed E-state index contributed by atoms with van der Waals surface area (Å²) < 4.78 is 30.5. The summed E-state index contributed by atoms with van der Waals surface area (Å²) in [6.45, 7) is 13.7. The molecule has 4 amide bonds. The molecule has 3 radical (unpaired) electrons. The first-order valence-electron chi connectivity index (χ1n) is 16.2. The van der Waals surface area contributed by atoms with Crippen LogP contribution in [0.25, 0.3) is 0 Å². The van der Waals surface area contributed by atoms with Crippen molar-refractivity contribution in [3.8, 4) is 0 Å². The van der Waals surface area contributed by atoms with Crippen LogP contribution in [0.2, 0.25) is 0 Å². The fraction of sp³-hybridized carbons (Fsp3) is 0.706. The summed E-state index contributed by atoms with van der Waals surface area (Å²) in [7, 11) is 5.97. The highest BCUT2D eigenvalue weighted by molar-refractivity contribution is 5.85. The molecule has 1 aromatic rings. The average molecular weight is 710 g/mol. The van der Waals surface area contributed by atoms with Crippen LogP contribution in [0.15, 0.2) is 30.3 Å². The van der Waals surface area contributed by atoms with Crippen LogP contribution in [0.4, 0.5) is 9.59 Å². The minimum Gasteiger partial charge on any atom is -0.463 e. The third-order valence-electron chi connectivity index (χ3n) is 8.14. The van der Waals surface area contributed by atoms with Gasteiger partial charge in [-0.25, -0.2) is 9.59 Å². The first-order chi connectivity index (χ1) is 23.1. The van der Waals surface area contributed by atoms with E-state index < -0.39 is 23.9 Å². The lowest BCUT2D eigenvalue weighted by Gasteiger charge is -2.28. The molecule has 2 fully saturated rings. The van der Waals surface area contributed by atoms with Gasteiger partial charge in [-0.1, -0.05) is 44.2 Å². The summed E-state index contributed by atoms with van der Waals surface area (Å²) in [6, 6.07) is 9.18. The van der Waals surface area contributed by atoms with Crippen LogP contribution in [-0.2, 0) is 44.6 Å². The fourth-order valence-electron chi connectivity index (χ4n) is 4.44. The normalized spacial score (nSPS) is 17.6. The molecule has 50 heavy (non-hydrogen) atoms. The van der Waals surface area contributed by atoms with Crippen LogP contribution in [0.5, 0.6) is 0 Å². The second kappa shape index (κ2) is 22.4. The molecular formula is C34H58BN4O11. The summed E-state index contributed by atoms with van der Waals surface area (Å²) >= 11 is 0. The van der Waals surface area contributed by atoms with Gasteiger partial charge in [-0.3, -0.25) is 29.2 Å². The van der Waals surface area contributed by atoms with E-state index in [1.54, 1.807) is 6.92 Å². The van der Waals surface area contributed by atoms with Crippen LogP contribution in [0.1, 0.15) is 66.9 Å². The predicted molar refractivity (Wildman–Crippen MR) is 186 cm³/mol. The van der Waals surface area contributed by atoms with E-state index in [2.05, 4.69) is 0 Å². The van der Waals surface area contributed by atoms with Gasteiger partial charge >= 0.3 is 24.0 Å². The number of benzene rings is 1. The van der Waals surface area contributed by atoms with E-state index in [1.165, 1.54) is 48.0 Å². The van der Waals surface area contributed by atoms with Crippen molar-refractivity contribution in [3.05, 3.63) is 35.9 Å². The number of aliphatic hydroxyl groups is 1. The Balaban J connectivity index is 0.000000754. The van der Waals surface area contributed by atoms with E-state index in [0.717, 1.165) is 18.4 Å². The second-order valence-electron chi connectivity index (χ2n) is 12.9. The van der Waals surface area contributed by atoms with Crippen molar-refractivity contribution in [2.45, 2.75) is 86.4 Å². The molecule has 283 valence electrons. The third-order valence-corrected chi connectivity index (χ3v) is 8.14. The number of esters is 2. The van der Waals surface area contributed by atoms with Gasteiger partial charge in [0.05, 0.1) is 16.9 Å². The number of urea groups is 2. The zero-order chi connectivity index (χ0) is 37.4. The highest BCUT2D eigenvalue weighted by Crippen LogP contribution is 2.34. The maximum absolute atomic E-state index is 12.6. The lowest BCUT2D eigenvalue weighted by Crippen LogP contribution is -2.48. The largest absolute Gasteiger partial charge is 0.463 e. The molecule has 1 unspecified atom stereocenters. The Hall–Kier alpha value is -3.44. The number of aliphatic hydroxyl groups excluding tert-OH is 1. The molecule has 1 N–H and O–H groups in total. The van der Waals surface area contributed by atoms with E-state index in [-0.39, 0.29) is 71.4 Å². The van der Waals surface area contributed by atoms with E-state index in [0.29, 0.717) is 6.61 Å². The molecular weight excluding hydrogens is 651 g/mol. The van der Waals surface area contributed by atoms with Gasteiger partial charge in [0.1, 0.15) is 40.1 Å². The van der Waals surface area contributed by atoms with Crippen LogP contribution >= 0.6 is 0 Å². The molecule has 2 saturated heterocycles. The molecule has 0 aliphatic carbocycles. The van der Waals surface area contributed by atoms with Crippen LogP contribution in [-0.4, -0.2) is 138 Å². The summed E-state index contributed by atoms with van der Waals surface area (Å²) in [4.78, 5) is 53.9. The van der Waals surface area contributed by atoms with Gasteiger partial charge < -0.3 is 33.5 Å². The molecule has 1 atom stereocenters. The molecule has 3 rings (SSSR count). The Labute approximate surface area is 299 Å². The number of hydrogen-bond acceptors (Lipinski definition) is 11. The molecule has 2 heterocycles. The zero-order valence-electron chi connectivity index (χ0n) is 31.7. The second-order valence-corrected chi connectivity index (χ2v) is 12.9. The summed E-state index contributed by atoms with van der Waals surface area (Å²) in [5, 5.41) is 8.86. The number of hydrogen-bond donors (Lipinski definition) is 1. The number of amides is 4. The molecule has 0 spiro atoms. The summed E-state index contributed by atoms with van der Waals surface area (Å²) in [5.41, 5.74) is 0.210. The minimum absolute atomic E-state index is 0. The highest BCUT2D eigenvalue weighted by atomic mass is 16.5. The molecule has 1 aromatic carbocycles. The van der Waals surface area contributed by atoms with Gasteiger partial charge in [0.25, 0.3) is 0 Å². The van der Waals surface area contributed by atoms with Gasteiger partial charge in [-0.15, -0.1) is 0 Å². The SMILES string of the molecule is CCC(C)(C)C(=O)OCC(C)O.CCC(C)(C)C(=O)OCc1ccccc1.COCN1C(=O)N(COC)C2C1N(COC)C(=O)N2COC.[B]. The van der Waals surface area contributed by atoms with Crippen LogP contribution < -0.4 is 0 Å². The van der Waals surface area contributed by atoms with Gasteiger partial charge in [0.2, 0.25) is 0 Å². The van der Waals surface area contributed by atoms with E-state index in [1.807, 2.05) is 71.9 Å². The standard InChI is InChI=1S/C13H18O2.C12H22N4O6.C9H18O3.B/c1-4-13(2,3)12(14)15-10-11-8-6-5-7-9-11;1-19-5-13-9-10(15(7-21-3)11(13)17)16(8-22-4)12(18)14(9)6-20-2;1-5-9(3,4)8(11)12-6-7(2)10;/h5-9H,4,10H2,1-3H3;9-10H,5-8H2,1-4H3;7,10H,5-6H2,1-4H3;. The lowest BCUT2D eigenvalue weighted by molar-refractivity contribution is -0.157. The lowest BCUT2D eigenvalue weighted by atomic mass is 9.91. The van der Waals surface area contributed by atoms with E-state index >= 15 is 0 Å². The monoisotopic (exact) mass is 709 g/mol. The van der Waals surface area contributed by atoms with Crippen molar-refractivity contribution < 1.29 is 52.7 Å².